The number of rotatable bonds is 5. The topological polar surface area (TPSA) is 78.1 Å². The van der Waals surface area contributed by atoms with Crippen molar-refractivity contribution in [1.29, 1.82) is 0 Å². The van der Waals surface area contributed by atoms with Gasteiger partial charge in [0.2, 0.25) is 0 Å². The molecule has 12 rings (SSSR count). The van der Waals surface area contributed by atoms with E-state index < -0.39 is 0 Å². The maximum Gasteiger partial charge on any atom is 0.164 e. The summed E-state index contributed by atoms with van der Waals surface area (Å²) in [5.74, 6) is 1.80. The quantitative estimate of drug-likeness (QED) is 0.175. The largest absolute Gasteiger partial charge is 0.456 e. The third-order valence-electron chi connectivity index (χ3n) is 10.9. The average molecular weight is 732 g/mol. The molecule has 57 heavy (non-hydrogen) atoms. The normalized spacial score (nSPS) is 11.9. The molecule has 8 aromatic carbocycles. The van der Waals surface area contributed by atoms with Gasteiger partial charge in [0.15, 0.2) is 17.5 Å². The predicted octanol–water partition coefficient (Wildman–Crippen LogP) is 13.9. The zero-order chi connectivity index (χ0) is 37.5. The highest BCUT2D eigenvalue weighted by atomic mass is 16.3. The Labute approximate surface area is 325 Å². The molecule has 0 saturated heterocycles. The molecule has 0 bridgehead atoms. The highest BCUT2D eigenvalue weighted by Gasteiger charge is 2.21. The van der Waals surface area contributed by atoms with Crippen molar-refractivity contribution in [2.24, 2.45) is 0 Å². The van der Waals surface area contributed by atoms with Crippen LogP contribution in [0.2, 0.25) is 0 Å². The zero-order valence-corrected chi connectivity index (χ0v) is 30.3. The number of para-hydroxylation sites is 2. The molecule has 0 aliphatic carbocycles. The first-order chi connectivity index (χ1) is 28.2. The van der Waals surface area contributed by atoms with Crippen LogP contribution >= 0.6 is 0 Å². The lowest BCUT2D eigenvalue weighted by Gasteiger charge is -2.10. The lowest BCUT2D eigenvalue weighted by molar-refractivity contribution is 0.668. The van der Waals surface area contributed by atoms with E-state index in [0.29, 0.717) is 17.5 Å². The summed E-state index contributed by atoms with van der Waals surface area (Å²) in [5.41, 5.74) is 11.9. The molecule has 0 fully saturated rings. The molecule has 0 atom stereocenters. The van der Waals surface area contributed by atoms with Crippen molar-refractivity contribution in [1.82, 2.24) is 15.0 Å². The van der Waals surface area contributed by atoms with Gasteiger partial charge in [0.1, 0.15) is 33.5 Å². The van der Waals surface area contributed by atoms with E-state index in [1.54, 1.807) is 0 Å². The minimum Gasteiger partial charge on any atom is -0.456 e. The Balaban J connectivity index is 1.06. The molecule has 12 aromatic rings. The molecule has 0 saturated carbocycles. The minimum absolute atomic E-state index is 0.576. The van der Waals surface area contributed by atoms with E-state index in [0.717, 1.165) is 105 Å². The Bertz CT molecular complexity index is 3470. The van der Waals surface area contributed by atoms with Crippen molar-refractivity contribution >= 4 is 65.8 Å². The second-order valence-electron chi connectivity index (χ2n) is 14.3. The van der Waals surface area contributed by atoms with Crippen LogP contribution in [0.25, 0.3) is 122 Å². The van der Waals surface area contributed by atoms with E-state index in [1.807, 2.05) is 97.1 Å². The Hall–Kier alpha value is -7.83. The van der Waals surface area contributed by atoms with E-state index in [1.165, 1.54) is 0 Å². The van der Waals surface area contributed by atoms with Crippen molar-refractivity contribution in [3.8, 4) is 56.4 Å². The molecule has 0 aliphatic rings. The third-order valence-corrected chi connectivity index (χ3v) is 10.9. The van der Waals surface area contributed by atoms with Gasteiger partial charge in [0, 0.05) is 49.0 Å². The smallest absolute Gasteiger partial charge is 0.164 e. The first kappa shape index (κ1) is 31.5. The van der Waals surface area contributed by atoms with Gasteiger partial charge in [-0.15, -0.1) is 0 Å². The summed E-state index contributed by atoms with van der Waals surface area (Å²) >= 11 is 0. The lowest BCUT2D eigenvalue weighted by atomic mass is 9.91. The number of furan rings is 3. The fourth-order valence-corrected chi connectivity index (χ4v) is 8.27. The van der Waals surface area contributed by atoms with Gasteiger partial charge < -0.3 is 13.3 Å². The molecule has 6 heteroatoms. The van der Waals surface area contributed by atoms with Gasteiger partial charge in [0.05, 0.1) is 0 Å². The van der Waals surface area contributed by atoms with Crippen LogP contribution < -0.4 is 0 Å². The van der Waals surface area contributed by atoms with E-state index in [2.05, 4.69) is 78.9 Å². The number of fused-ring (bicyclic) bond motifs is 9. The van der Waals surface area contributed by atoms with E-state index in [-0.39, 0.29) is 0 Å². The van der Waals surface area contributed by atoms with Gasteiger partial charge in [-0.3, -0.25) is 0 Å². The van der Waals surface area contributed by atoms with Gasteiger partial charge in [0.25, 0.3) is 0 Å². The summed E-state index contributed by atoms with van der Waals surface area (Å²) < 4.78 is 19.4. The maximum atomic E-state index is 6.68. The summed E-state index contributed by atoms with van der Waals surface area (Å²) in [5, 5.41) is 6.34. The fraction of sp³-hybridized carbons (Fsp3) is 0. The van der Waals surface area contributed by atoms with Crippen LogP contribution in [0.5, 0.6) is 0 Å². The second-order valence-corrected chi connectivity index (χ2v) is 14.3. The van der Waals surface area contributed by atoms with E-state index in [4.69, 9.17) is 28.2 Å². The van der Waals surface area contributed by atoms with Crippen molar-refractivity contribution in [3.63, 3.8) is 0 Å². The number of benzene rings is 8. The number of hydrogen-bond donors (Lipinski definition) is 0. The predicted molar refractivity (Wildman–Crippen MR) is 229 cm³/mol. The number of nitrogens with zero attached hydrogens (tertiary/aromatic N) is 3. The van der Waals surface area contributed by atoms with E-state index >= 15 is 0 Å². The van der Waals surface area contributed by atoms with Gasteiger partial charge in [-0.05, 0) is 76.9 Å². The zero-order valence-electron chi connectivity index (χ0n) is 30.3. The van der Waals surface area contributed by atoms with Crippen molar-refractivity contribution in [3.05, 3.63) is 176 Å². The Morgan fingerprint density at radius 3 is 1.54 bits per heavy atom. The standard InChI is InChI=1S/C51H29N3O3/c1-3-12-30(13-4-1)49-52-50(31-14-5-2-6-15-31)54-51(53-49)33-22-24-38-45(28-33)57-44-21-11-18-36(47(38)44)40-27-34(29-46-48(40)37-17-8-10-20-42(37)56-46)32-23-25-43-39(26-32)35-16-7-9-19-41(35)55-43/h1-29H. The highest BCUT2D eigenvalue weighted by molar-refractivity contribution is 6.20. The molecule has 6 nitrogen and oxygen atoms in total. The van der Waals surface area contributed by atoms with Gasteiger partial charge in [-0.2, -0.15) is 0 Å². The van der Waals surface area contributed by atoms with Crippen LogP contribution in [-0.2, 0) is 0 Å². The molecule has 0 unspecified atom stereocenters. The summed E-state index contributed by atoms with van der Waals surface area (Å²) in [6, 6.07) is 59.9. The molecule has 4 aromatic heterocycles. The number of hydrogen-bond acceptors (Lipinski definition) is 6. The van der Waals surface area contributed by atoms with Crippen LogP contribution in [0.4, 0.5) is 0 Å². The molecule has 0 N–H and O–H groups in total. The number of aromatic nitrogens is 3. The molecule has 4 heterocycles. The van der Waals surface area contributed by atoms with Crippen LogP contribution in [0.1, 0.15) is 0 Å². The van der Waals surface area contributed by atoms with Crippen molar-refractivity contribution in [2.75, 3.05) is 0 Å². The molecular formula is C51H29N3O3. The summed E-state index contributed by atoms with van der Waals surface area (Å²) in [4.78, 5) is 14.8. The molecule has 0 amide bonds. The highest BCUT2D eigenvalue weighted by Crippen LogP contribution is 2.45. The Morgan fingerprint density at radius 2 is 0.789 bits per heavy atom. The van der Waals surface area contributed by atoms with Crippen LogP contribution in [0.3, 0.4) is 0 Å². The Kier molecular flexibility index (Phi) is 6.83. The molecule has 0 radical (unpaired) electrons. The van der Waals surface area contributed by atoms with Gasteiger partial charge >= 0.3 is 0 Å². The second kappa shape index (κ2) is 12.3. The summed E-state index contributed by atoms with van der Waals surface area (Å²) in [6.07, 6.45) is 0. The molecular weight excluding hydrogens is 703 g/mol. The first-order valence-electron chi connectivity index (χ1n) is 18.9. The lowest BCUT2D eigenvalue weighted by Crippen LogP contribution is -2.00. The van der Waals surface area contributed by atoms with Gasteiger partial charge in [-0.25, -0.2) is 15.0 Å². The van der Waals surface area contributed by atoms with Crippen molar-refractivity contribution in [2.45, 2.75) is 0 Å². The first-order valence-corrected chi connectivity index (χ1v) is 18.9. The SMILES string of the molecule is c1ccc(-c2nc(-c3ccccc3)nc(-c3ccc4c(c3)oc3cccc(-c5cc(-c6ccc7oc8ccccc8c7c6)cc6oc7ccccc7c56)c34)n2)cc1. The minimum atomic E-state index is 0.576. The maximum absolute atomic E-state index is 6.68. The fourth-order valence-electron chi connectivity index (χ4n) is 8.27. The van der Waals surface area contributed by atoms with Crippen LogP contribution in [-0.4, -0.2) is 15.0 Å². The third kappa shape index (κ3) is 5.08. The van der Waals surface area contributed by atoms with Crippen LogP contribution in [0, 0.1) is 0 Å². The Morgan fingerprint density at radius 1 is 0.263 bits per heavy atom. The molecule has 0 aliphatic heterocycles. The van der Waals surface area contributed by atoms with Gasteiger partial charge in [-0.1, -0.05) is 121 Å². The summed E-state index contributed by atoms with van der Waals surface area (Å²) in [6.45, 7) is 0. The van der Waals surface area contributed by atoms with Crippen LogP contribution in [0.15, 0.2) is 189 Å². The molecule has 0 spiro atoms. The average Bonchev–Trinajstić information content (AvgIpc) is 3.97. The van der Waals surface area contributed by atoms with E-state index in [9.17, 15) is 0 Å². The van der Waals surface area contributed by atoms with Crippen molar-refractivity contribution < 1.29 is 13.3 Å². The monoisotopic (exact) mass is 731 g/mol. The molecule has 266 valence electrons. The summed E-state index contributed by atoms with van der Waals surface area (Å²) in [7, 11) is 0.